The van der Waals surface area contributed by atoms with Crippen LogP contribution in [0.5, 0.6) is 0 Å². The third-order valence-corrected chi connectivity index (χ3v) is 2.81. The molecule has 0 aliphatic heterocycles. The van der Waals surface area contributed by atoms with Crippen LogP contribution in [-0.4, -0.2) is 42.4 Å². The Kier molecular flexibility index (Phi) is 8.63. The van der Waals surface area contributed by atoms with Gasteiger partial charge in [0.25, 0.3) is 0 Å². The van der Waals surface area contributed by atoms with Crippen LogP contribution in [0.15, 0.2) is 0 Å². The van der Waals surface area contributed by atoms with E-state index < -0.39 is 6.04 Å². The average molecular weight is 284 g/mol. The Hall–Kier alpha value is -1.56. The van der Waals surface area contributed by atoms with E-state index in [-0.39, 0.29) is 55.0 Å². The number of Topliss-reactive ketones (excluding diaryl/α,β-unsaturated/α-hetero) is 3. The molecule has 0 aromatic rings. The van der Waals surface area contributed by atoms with Crippen molar-refractivity contribution in [2.45, 2.75) is 58.5 Å². The molecule has 1 atom stereocenters. The lowest BCUT2D eigenvalue weighted by atomic mass is 10.0. The zero-order valence-electron chi connectivity index (χ0n) is 12.6. The second-order valence-corrected chi connectivity index (χ2v) is 5.17. The molecule has 0 heterocycles. The van der Waals surface area contributed by atoms with Crippen LogP contribution in [0.3, 0.4) is 0 Å². The van der Waals surface area contributed by atoms with Crippen LogP contribution in [0.4, 0.5) is 0 Å². The SMILES string of the molecule is CNC(CC(C)=O)CC(=O)NC(CC(C)=O)CC(C)=O. The summed E-state index contributed by atoms with van der Waals surface area (Å²) in [5.74, 6) is -0.421. The molecule has 2 N–H and O–H groups in total. The topological polar surface area (TPSA) is 92.3 Å². The second-order valence-electron chi connectivity index (χ2n) is 5.17. The van der Waals surface area contributed by atoms with Crippen LogP contribution < -0.4 is 10.6 Å². The van der Waals surface area contributed by atoms with Gasteiger partial charge in [-0.05, 0) is 27.8 Å². The summed E-state index contributed by atoms with van der Waals surface area (Å²) in [6.45, 7) is 4.31. The third-order valence-electron chi connectivity index (χ3n) is 2.81. The Labute approximate surface area is 119 Å². The molecular formula is C14H24N2O4. The number of ketones is 3. The standard InChI is InChI=1S/C14H24N2O4/c1-9(17)5-12(15-4)8-14(20)16-13(6-10(2)18)7-11(3)19/h12-13,15H,5-8H2,1-4H3,(H,16,20). The predicted molar refractivity (Wildman–Crippen MR) is 75.3 cm³/mol. The smallest absolute Gasteiger partial charge is 0.221 e. The van der Waals surface area contributed by atoms with Crippen LogP contribution in [0.1, 0.15) is 46.5 Å². The van der Waals surface area contributed by atoms with Crippen molar-refractivity contribution in [1.29, 1.82) is 0 Å². The fourth-order valence-corrected chi connectivity index (χ4v) is 2.00. The first kappa shape index (κ1) is 18.4. The molecule has 114 valence electrons. The lowest BCUT2D eigenvalue weighted by molar-refractivity contribution is -0.123. The fourth-order valence-electron chi connectivity index (χ4n) is 2.00. The van der Waals surface area contributed by atoms with Gasteiger partial charge in [-0.25, -0.2) is 0 Å². The molecule has 0 bridgehead atoms. The first-order chi connectivity index (χ1) is 9.24. The zero-order valence-corrected chi connectivity index (χ0v) is 12.6. The Morgan fingerprint density at radius 1 is 0.750 bits per heavy atom. The predicted octanol–water partition coefficient (Wildman–Crippen LogP) is 0.387. The van der Waals surface area contributed by atoms with Gasteiger partial charge in [0, 0.05) is 37.8 Å². The Morgan fingerprint density at radius 3 is 1.50 bits per heavy atom. The number of nitrogens with one attached hydrogen (secondary N) is 2. The van der Waals surface area contributed by atoms with Gasteiger partial charge in [0.15, 0.2) is 0 Å². The van der Waals surface area contributed by atoms with Crippen LogP contribution in [-0.2, 0) is 19.2 Å². The summed E-state index contributed by atoms with van der Waals surface area (Å²) in [6, 6.07) is -0.699. The summed E-state index contributed by atoms with van der Waals surface area (Å²) >= 11 is 0. The molecule has 6 heteroatoms. The van der Waals surface area contributed by atoms with Gasteiger partial charge >= 0.3 is 0 Å². The number of amides is 1. The first-order valence-corrected chi connectivity index (χ1v) is 6.69. The minimum atomic E-state index is -0.465. The maximum absolute atomic E-state index is 11.9. The maximum Gasteiger partial charge on any atom is 0.221 e. The molecule has 0 fully saturated rings. The van der Waals surface area contributed by atoms with E-state index in [9.17, 15) is 19.2 Å². The van der Waals surface area contributed by atoms with Crippen LogP contribution >= 0.6 is 0 Å². The van der Waals surface area contributed by atoms with E-state index in [1.54, 1.807) is 7.05 Å². The van der Waals surface area contributed by atoms with E-state index in [1.165, 1.54) is 20.8 Å². The lowest BCUT2D eigenvalue weighted by Gasteiger charge is -2.19. The third kappa shape index (κ3) is 9.38. The number of carbonyl (C=O) groups is 4. The molecule has 1 unspecified atom stereocenters. The van der Waals surface area contributed by atoms with Gasteiger partial charge in [0.05, 0.1) is 0 Å². The van der Waals surface area contributed by atoms with Crippen molar-refractivity contribution in [3.63, 3.8) is 0 Å². The van der Waals surface area contributed by atoms with E-state index in [0.717, 1.165) is 0 Å². The molecule has 0 aromatic heterocycles. The minimum absolute atomic E-state index is 0.00109. The molecule has 0 saturated heterocycles. The first-order valence-electron chi connectivity index (χ1n) is 6.69. The second kappa shape index (κ2) is 9.36. The molecule has 6 nitrogen and oxygen atoms in total. The highest BCUT2D eigenvalue weighted by molar-refractivity contribution is 5.83. The maximum atomic E-state index is 11.9. The number of rotatable bonds is 10. The molecule has 0 spiro atoms. The molecule has 0 radical (unpaired) electrons. The van der Waals surface area contributed by atoms with Crippen molar-refractivity contribution >= 4 is 23.3 Å². The van der Waals surface area contributed by atoms with E-state index in [4.69, 9.17) is 0 Å². The molecule has 0 aliphatic rings. The van der Waals surface area contributed by atoms with E-state index in [2.05, 4.69) is 10.6 Å². The quantitative estimate of drug-likeness (QED) is 0.605. The molecule has 20 heavy (non-hydrogen) atoms. The molecule has 1 amide bonds. The van der Waals surface area contributed by atoms with E-state index in [0.29, 0.717) is 0 Å². The summed E-state index contributed by atoms with van der Waals surface area (Å²) in [7, 11) is 1.68. The van der Waals surface area contributed by atoms with Gasteiger partial charge < -0.3 is 10.6 Å². The zero-order chi connectivity index (χ0) is 15.7. The van der Waals surface area contributed by atoms with Gasteiger partial charge in [-0.3, -0.25) is 19.2 Å². The number of hydrogen-bond acceptors (Lipinski definition) is 5. The highest BCUT2D eigenvalue weighted by Gasteiger charge is 2.19. The normalized spacial score (nSPS) is 12.1. The van der Waals surface area contributed by atoms with E-state index in [1.807, 2.05) is 0 Å². The molecule has 0 saturated carbocycles. The van der Waals surface area contributed by atoms with Crippen LogP contribution in [0.2, 0.25) is 0 Å². The number of hydrogen-bond donors (Lipinski definition) is 2. The summed E-state index contributed by atoms with van der Waals surface area (Å²) in [6.07, 6.45) is 0.695. The van der Waals surface area contributed by atoms with Crippen molar-refractivity contribution in [2.24, 2.45) is 0 Å². The highest BCUT2D eigenvalue weighted by atomic mass is 16.2. The van der Waals surface area contributed by atoms with Crippen molar-refractivity contribution < 1.29 is 19.2 Å². The van der Waals surface area contributed by atoms with Gasteiger partial charge in [-0.1, -0.05) is 0 Å². The minimum Gasteiger partial charge on any atom is -0.352 e. The highest BCUT2D eigenvalue weighted by Crippen LogP contribution is 2.04. The molecule has 0 aliphatic carbocycles. The molecule has 0 rings (SSSR count). The summed E-state index contributed by atoms with van der Waals surface area (Å²) < 4.78 is 0. The van der Waals surface area contributed by atoms with Gasteiger partial charge in [0.2, 0.25) is 5.91 Å². The largest absolute Gasteiger partial charge is 0.352 e. The van der Waals surface area contributed by atoms with Gasteiger partial charge in [0.1, 0.15) is 17.3 Å². The Balaban J connectivity index is 4.45. The van der Waals surface area contributed by atoms with E-state index >= 15 is 0 Å². The monoisotopic (exact) mass is 284 g/mol. The Bertz CT molecular complexity index is 363. The van der Waals surface area contributed by atoms with Gasteiger partial charge in [-0.2, -0.15) is 0 Å². The summed E-state index contributed by atoms with van der Waals surface area (Å²) in [4.78, 5) is 45.2. The van der Waals surface area contributed by atoms with Crippen LogP contribution in [0.25, 0.3) is 0 Å². The Morgan fingerprint density at radius 2 is 1.15 bits per heavy atom. The van der Waals surface area contributed by atoms with Crippen molar-refractivity contribution in [1.82, 2.24) is 10.6 Å². The average Bonchev–Trinajstić information content (AvgIpc) is 2.25. The fraction of sp³-hybridized carbons (Fsp3) is 0.714. The number of carbonyl (C=O) groups excluding carboxylic acids is 4. The van der Waals surface area contributed by atoms with Crippen LogP contribution in [0, 0.1) is 0 Å². The molecule has 0 aromatic carbocycles. The van der Waals surface area contributed by atoms with Crippen molar-refractivity contribution in [3.05, 3.63) is 0 Å². The van der Waals surface area contributed by atoms with Crippen molar-refractivity contribution in [2.75, 3.05) is 7.05 Å². The summed E-state index contributed by atoms with van der Waals surface area (Å²) in [5.41, 5.74) is 0. The van der Waals surface area contributed by atoms with Gasteiger partial charge in [-0.15, -0.1) is 0 Å². The molecular weight excluding hydrogens is 260 g/mol. The lowest BCUT2D eigenvalue weighted by Crippen LogP contribution is -2.41. The van der Waals surface area contributed by atoms with Crippen molar-refractivity contribution in [3.8, 4) is 0 Å². The summed E-state index contributed by atoms with van der Waals surface area (Å²) in [5, 5.41) is 5.59.